The lowest BCUT2D eigenvalue weighted by Gasteiger charge is -2.04. The molecular weight excluding hydrogens is 180 g/mol. The topological polar surface area (TPSA) is 105 Å². The number of nitrogen functional groups attached to an aromatic ring is 1. The molecule has 0 atom stereocenters. The largest absolute Gasteiger partial charge is 0.384 e. The van der Waals surface area contributed by atoms with Crippen LogP contribution in [0.5, 0.6) is 0 Å². The molecule has 74 valence electrons. The van der Waals surface area contributed by atoms with Crippen LogP contribution in [0.15, 0.2) is 24.3 Å². The van der Waals surface area contributed by atoms with E-state index in [0.29, 0.717) is 11.3 Å². The van der Waals surface area contributed by atoms with Gasteiger partial charge in [-0.25, -0.2) is 0 Å². The average Bonchev–Trinajstić information content (AvgIpc) is 2.18. The van der Waals surface area contributed by atoms with E-state index in [9.17, 15) is 4.79 Å². The minimum Gasteiger partial charge on any atom is -0.384 e. The van der Waals surface area contributed by atoms with Crippen LogP contribution in [0.25, 0.3) is 0 Å². The molecule has 1 aromatic carbocycles. The van der Waals surface area contributed by atoms with Crippen LogP contribution in [-0.4, -0.2) is 18.3 Å². The number of carbonyl (C=O) groups excluding carboxylic acids is 1. The van der Waals surface area contributed by atoms with Crippen molar-refractivity contribution in [1.82, 2.24) is 0 Å². The number of hydrogen-bond donors (Lipinski definition) is 4. The van der Waals surface area contributed by atoms with E-state index in [0.717, 1.165) is 0 Å². The molecule has 0 saturated carbocycles. The molecule has 0 aliphatic heterocycles. The third kappa shape index (κ3) is 2.56. The molecule has 1 amide bonds. The maximum Gasteiger partial charge on any atom is 0.238 e. The minimum atomic E-state index is -0.249. The van der Waals surface area contributed by atoms with Crippen LogP contribution >= 0.6 is 0 Å². The van der Waals surface area contributed by atoms with Crippen LogP contribution in [0.3, 0.4) is 0 Å². The lowest BCUT2D eigenvalue weighted by Crippen LogP contribution is -2.21. The molecule has 0 fully saturated rings. The van der Waals surface area contributed by atoms with Gasteiger partial charge in [0.15, 0.2) is 0 Å². The summed E-state index contributed by atoms with van der Waals surface area (Å²) in [6, 6.07) is 6.66. The molecule has 1 rings (SSSR count). The molecule has 5 heteroatoms. The van der Waals surface area contributed by atoms with Crippen LogP contribution in [0.4, 0.5) is 5.69 Å². The zero-order valence-electron chi connectivity index (χ0n) is 7.58. The Balaban J connectivity index is 2.73. The van der Waals surface area contributed by atoms with Gasteiger partial charge in [0.2, 0.25) is 5.91 Å². The van der Waals surface area contributed by atoms with Gasteiger partial charge in [0.05, 0.1) is 6.54 Å². The van der Waals surface area contributed by atoms with E-state index < -0.39 is 0 Å². The molecule has 0 radical (unpaired) electrons. The Morgan fingerprint density at radius 1 is 1.36 bits per heavy atom. The van der Waals surface area contributed by atoms with Crippen LogP contribution in [0.2, 0.25) is 0 Å². The van der Waals surface area contributed by atoms with Crippen molar-refractivity contribution in [3.63, 3.8) is 0 Å². The molecule has 0 bridgehead atoms. The van der Waals surface area contributed by atoms with Gasteiger partial charge in [0.25, 0.3) is 0 Å². The highest BCUT2D eigenvalue weighted by Crippen LogP contribution is 2.08. The smallest absolute Gasteiger partial charge is 0.238 e. The number of benzene rings is 1. The Morgan fingerprint density at radius 2 is 1.93 bits per heavy atom. The van der Waals surface area contributed by atoms with Crippen molar-refractivity contribution in [2.24, 2.45) is 11.5 Å². The zero-order valence-corrected chi connectivity index (χ0v) is 7.58. The predicted molar refractivity (Wildman–Crippen MR) is 55.1 cm³/mol. The fraction of sp³-hybridized carbons (Fsp3) is 0.111. The third-order valence-electron chi connectivity index (χ3n) is 1.67. The van der Waals surface area contributed by atoms with Gasteiger partial charge >= 0.3 is 0 Å². The van der Waals surface area contributed by atoms with Gasteiger partial charge in [-0.2, -0.15) is 0 Å². The van der Waals surface area contributed by atoms with Gasteiger partial charge in [-0.05, 0) is 24.3 Å². The van der Waals surface area contributed by atoms with E-state index in [-0.39, 0.29) is 18.3 Å². The second-order valence-electron chi connectivity index (χ2n) is 2.74. The molecule has 14 heavy (non-hydrogen) atoms. The third-order valence-corrected chi connectivity index (χ3v) is 1.67. The number of nitrogens with one attached hydrogen (secondary N) is 2. The molecule has 0 heterocycles. The van der Waals surface area contributed by atoms with Crippen molar-refractivity contribution < 1.29 is 4.79 Å². The number of hydrogen-bond acceptors (Lipinski definition) is 3. The summed E-state index contributed by atoms with van der Waals surface area (Å²) in [5.41, 5.74) is 11.7. The summed E-state index contributed by atoms with van der Waals surface area (Å²) < 4.78 is 0. The normalized spacial score (nSPS) is 9.50. The first-order valence-corrected chi connectivity index (χ1v) is 4.08. The average molecular weight is 192 g/mol. The van der Waals surface area contributed by atoms with Crippen molar-refractivity contribution >= 4 is 17.4 Å². The molecule has 0 aliphatic carbocycles. The lowest BCUT2D eigenvalue weighted by atomic mass is 10.2. The van der Waals surface area contributed by atoms with Crippen molar-refractivity contribution in [3.8, 4) is 0 Å². The first kappa shape index (κ1) is 10.2. The number of carbonyl (C=O) groups is 1. The maximum absolute atomic E-state index is 10.9. The van der Waals surface area contributed by atoms with Crippen LogP contribution in [-0.2, 0) is 4.79 Å². The summed E-state index contributed by atoms with van der Waals surface area (Å²) in [5, 5.41) is 9.74. The van der Waals surface area contributed by atoms with Crippen molar-refractivity contribution in [3.05, 3.63) is 29.8 Å². The Hall–Kier alpha value is -1.88. The monoisotopic (exact) mass is 192 g/mol. The molecule has 1 aromatic rings. The second-order valence-corrected chi connectivity index (χ2v) is 2.74. The van der Waals surface area contributed by atoms with Gasteiger partial charge in [-0.1, -0.05) is 0 Å². The maximum atomic E-state index is 10.9. The summed E-state index contributed by atoms with van der Waals surface area (Å²) >= 11 is 0. The number of nitrogens with two attached hydrogens (primary N) is 2. The highest BCUT2D eigenvalue weighted by Gasteiger charge is 1.99. The fourth-order valence-electron chi connectivity index (χ4n) is 0.945. The molecule has 5 nitrogen and oxygen atoms in total. The zero-order chi connectivity index (χ0) is 10.6. The van der Waals surface area contributed by atoms with Gasteiger partial charge in [-0.15, -0.1) is 0 Å². The Morgan fingerprint density at radius 3 is 2.36 bits per heavy atom. The van der Waals surface area contributed by atoms with Gasteiger partial charge in [-0.3, -0.25) is 10.2 Å². The van der Waals surface area contributed by atoms with E-state index in [4.69, 9.17) is 16.9 Å². The number of amides is 1. The van der Waals surface area contributed by atoms with Crippen molar-refractivity contribution in [2.45, 2.75) is 0 Å². The first-order chi connectivity index (χ1) is 6.63. The van der Waals surface area contributed by atoms with E-state index in [1.54, 1.807) is 24.3 Å². The lowest BCUT2D eigenvalue weighted by molar-refractivity contribution is -0.114. The molecule has 0 unspecified atom stereocenters. The summed E-state index contributed by atoms with van der Waals surface area (Å²) in [6.07, 6.45) is 0. The highest BCUT2D eigenvalue weighted by molar-refractivity contribution is 5.96. The SMILES string of the molecule is N=C(N)c1ccc(NC(=O)CN)cc1. The molecular formula is C9H12N4O. The standard InChI is InChI=1S/C9H12N4O/c10-5-8(14)13-7-3-1-6(2-4-7)9(11)12/h1-4H,5,10H2,(H3,11,12)(H,13,14). The summed E-state index contributed by atoms with van der Waals surface area (Å²) in [6.45, 7) is -0.0472. The summed E-state index contributed by atoms with van der Waals surface area (Å²) in [4.78, 5) is 10.9. The van der Waals surface area contributed by atoms with Crippen molar-refractivity contribution in [1.29, 1.82) is 5.41 Å². The van der Waals surface area contributed by atoms with E-state index >= 15 is 0 Å². The first-order valence-electron chi connectivity index (χ1n) is 4.08. The molecule has 6 N–H and O–H groups in total. The fourth-order valence-corrected chi connectivity index (χ4v) is 0.945. The molecule has 0 saturated heterocycles. The van der Waals surface area contributed by atoms with Crippen LogP contribution in [0, 0.1) is 5.41 Å². The van der Waals surface area contributed by atoms with Gasteiger partial charge < -0.3 is 16.8 Å². The molecule has 0 aliphatic rings. The highest BCUT2D eigenvalue weighted by atomic mass is 16.1. The van der Waals surface area contributed by atoms with E-state index in [1.807, 2.05) is 0 Å². The minimum absolute atomic E-state index is 0.00158. The molecule has 0 spiro atoms. The van der Waals surface area contributed by atoms with Crippen LogP contribution in [0.1, 0.15) is 5.56 Å². The Kier molecular flexibility index (Phi) is 3.19. The Labute approximate surface area is 81.6 Å². The second kappa shape index (κ2) is 4.38. The van der Waals surface area contributed by atoms with Crippen LogP contribution < -0.4 is 16.8 Å². The quantitative estimate of drug-likeness (QED) is 0.396. The molecule has 0 aromatic heterocycles. The van der Waals surface area contributed by atoms with E-state index in [1.165, 1.54) is 0 Å². The number of amidine groups is 1. The van der Waals surface area contributed by atoms with Gasteiger partial charge in [0, 0.05) is 11.3 Å². The van der Waals surface area contributed by atoms with Crippen molar-refractivity contribution in [2.75, 3.05) is 11.9 Å². The Bertz CT molecular complexity index is 344. The van der Waals surface area contributed by atoms with Gasteiger partial charge in [0.1, 0.15) is 5.84 Å². The number of rotatable bonds is 3. The predicted octanol–water partition coefficient (Wildman–Crippen LogP) is -0.132. The number of anilines is 1. The summed E-state index contributed by atoms with van der Waals surface area (Å²) in [5.74, 6) is -0.248. The summed E-state index contributed by atoms with van der Waals surface area (Å²) in [7, 11) is 0. The van der Waals surface area contributed by atoms with E-state index in [2.05, 4.69) is 5.32 Å².